The number of benzene rings is 1. The van der Waals surface area contributed by atoms with Crippen molar-refractivity contribution in [1.82, 2.24) is 4.31 Å². The SMILES string of the molecule is Cl.NC1CCC2CN(S(=O)(=O)Cc3ccc(F)c(Cl)c3)CC12. The monoisotopic (exact) mass is 368 g/mol. The molecule has 2 aliphatic rings. The lowest BCUT2D eigenvalue weighted by Crippen LogP contribution is -2.34. The summed E-state index contributed by atoms with van der Waals surface area (Å²) in [6, 6.07) is 4.13. The van der Waals surface area contributed by atoms with Gasteiger partial charge in [0.25, 0.3) is 0 Å². The number of hydrogen-bond donors (Lipinski definition) is 1. The second-order valence-corrected chi connectivity index (χ2v) is 8.36. The molecule has 0 spiro atoms. The summed E-state index contributed by atoms with van der Waals surface area (Å²) < 4.78 is 39.6. The Morgan fingerprint density at radius 2 is 2.05 bits per heavy atom. The maximum atomic E-state index is 13.1. The average molecular weight is 369 g/mol. The van der Waals surface area contributed by atoms with Gasteiger partial charge in [0.2, 0.25) is 10.0 Å². The number of hydrogen-bond acceptors (Lipinski definition) is 3. The molecule has 1 aliphatic heterocycles. The van der Waals surface area contributed by atoms with Crippen LogP contribution in [0.4, 0.5) is 4.39 Å². The highest BCUT2D eigenvalue weighted by Gasteiger charge is 2.44. The van der Waals surface area contributed by atoms with Crippen LogP contribution in [-0.4, -0.2) is 31.9 Å². The number of fused-ring (bicyclic) bond motifs is 1. The molecular weight excluding hydrogens is 350 g/mol. The van der Waals surface area contributed by atoms with Crippen molar-refractivity contribution in [3.63, 3.8) is 0 Å². The molecule has 1 aromatic rings. The average Bonchev–Trinajstić information content (AvgIpc) is 2.97. The lowest BCUT2D eigenvalue weighted by atomic mass is 9.98. The van der Waals surface area contributed by atoms with Crippen LogP contribution in [0.1, 0.15) is 18.4 Å². The third-order valence-electron chi connectivity index (χ3n) is 4.61. The van der Waals surface area contributed by atoms with Gasteiger partial charge in [-0.25, -0.2) is 17.1 Å². The van der Waals surface area contributed by atoms with E-state index in [4.69, 9.17) is 17.3 Å². The highest BCUT2D eigenvalue weighted by molar-refractivity contribution is 7.88. The van der Waals surface area contributed by atoms with E-state index in [0.717, 1.165) is 12.8 Å². The Labute approximate surface area is 141 Å². The van der Waals surface area contributed by atoms with Crippen LogP contribution in [0.25, 0.3) is 0 Å². The first kappa shape index (κ1) is 17.9. The molecule has 3 rings (SSSR count). The highest BCUT2D eigenvalue weighted by Crippen LogP contribution is 2.38. The van der Waals surface area contributed by atoms with Gasteiger partial charge in [0, 0.05) is 19.1 Å². The second kappa shape index (κ2) is 6.61. The molecular formula is C14H19Cl2FN2O2S. The summed E-state index contributed by atoms with van der Waals surface area (Å²) in [6.07, 6.45) is 1.98. The van der Waals surface area contributed by atoms with Crippen LogP contribution in [0.15, 0.2) is 18.2 Å². The molecule has 1 heterocycles. The largest absolute Gasteiger partial charge is 0.327 e. The molecule has 22 heavy (non-hydrogen) atoms. The predicted octanol–water partition coefficient (Wildman–Crippen LogP) is 2.40. The summed E-state index contributed by atoms with van der Waals surface area (Å²) in [6.45, 7) is 1.05. The lowest BCUT2D eigenvalue weighted by molar-refractivity contribution is 0.426. The van der Waals surface area contributed by atoms with Crippen molar-refractivity contribution in [1.29, 1.82) is 0 Å². The van der Waals surface area contributed by atoms with E-state index in [0.29, 0.717) is 24.6 Å². The molecule has 0 bridgehead atoms. The maximum absolute atomic E-state index is 13.1. The minimum Gasteiger partial charge on any atom is -0.327 e. The Morgan fingerprint density at radius 3 is 2.68 bits per heavy atom. The normalized spacial score (nSPS) is 28.4. The van der Waals surface area contributed by atoms with Crippen LogP contribution in [0, 0.1) is 17.7 Å². The van der Waals surface area contributed by atoms with E-state index in [2.05, 4.69) is 0 Å². The van der Waals surface area contributed by atoms with Gasteiger partial charge in [0.05, 0.1) is 10.8 Å². The molecule has 8 heteroatoms. The van der Waals surface area contributed by atoms with Crippen LogP contribution in [-0.2, 0) is 15.8 Å². The van der Waals surface area contributed by atoms with Gasteiger partial charge in [-0.1, -0.05) is 17.7 Å². The first-order valence-corrected chi connectivity index (χ1v) is 9.03. The van der Waals surface area contributed by atoms with Crippen molar-refractivity contribution in [3.8, 4) is 0 Å². The predicted molar refractivity (Wildman–Crippen MR) is 87.0 cm³/mol. The summed E-state index contributed by atoms with van der Waals surface area (Å²) >= 11 is 5.70. The smallest absolute Gasteiger partial charge is 0.218 e. The van der Waals surface area contributed by atoms with E-state index >= 15 is 0 Å². The van der Waals surface area contributed by atoms with E-state index in [1.165, 1.54) is 22.5 Å². The molecule has 1 aliphatic carbocycles. The fourth-order valence-electron chi connectivity index (χ4n) is 3.43. The van der Waals surface area contributed by atoms with Crippen molar-refractivity contribution < 1.29 is 12.8 Å². The second-order valence-electron chi connectivity index (χ2n) is 5.99. The molecule has 3 unspecified atom stereocenters. The van der Waals surface area contributed by atoms with Crippen LogP contribution >= 0.6 is 24.0 Å². The molecule has 3 atom stereocenters. The number of nitrogens with zero attached hydrogens (tertiary/aromatic N) is 1. The van der Waals surface area contributed by atoms with Gasteiger partial charge < -0.3 is 5.73 Å². The minimum atomic E-state index is -3.41. The summed E-state index contributed by atoms with van der Waals surface area (Å²) in [5, 5.41) is -0.0528. The van der Waals surface area contributed by atoms with E-state index in [1.807, 2.05) is 0 Å². The van der Waals surface area contributed by atoms with Crippen LogP contribution < -0.4 is 5.73 Å². The summed E-state index contributed by atoms with van der Waals surface area (Å²) in [7, 11) is -3.41. The van der Waals surface area contributed by atoms with Gasteiger partial charge >= 0.3 is 0 Å². The third kappa shape index (κ3) is 3.41. The van der Waals surface area contributed by atoms with Crippen LogP contribution in [0.5, 0.6) is 0 Å². The molecule has 0 amide bonds. The van der Waals surface area contributed by atoms with Crippen LogP contribution in [0.3, 0.4) is 0 Å². The first-order chi connectivity index (χ1) is 9.87. The molecule has 2 fully saturated rings. The number of nitrogens with two attached hydrogens (primary N) is 1. The Bertz CT molecular complexity index is 656. The summed E-state index contributed by atoms with van der Waals surface area (Å²) in [5.74, 6) is -0.0375. The van der Waals surface area contributed by atoms with Crippen molar-refractivity contribution in [2.24, 2.45) is 17.6 Å². The molecule has 2 N–H and O–H groups in total. The van der Waals surface area contributed by atoms with Gasteiger partial charge in [-0.05, 0) is 42.4 Å². The Kier molecular flexibility index (Phi) is 5.39. The quantitative estimate of drug-likeness (QED) is 0.890. The lowest BCUT2D eigenvalue weighted by Gasteiger charge is -2.18. The van der Waals surface area contributed by atoms with E-state index in [-0.39, 0.29) is 35.1 Å². The van der Waals surface area contributed by atoms with Gasteiger partial charge in [-0.15, -0.1) is 12.4 Å². The fraction of sp³-hybridized carbons (Fsp3) is 0.571. The number of halogens is 3. The molecule has 0 aromatic heterocycles. The molecule has 1 aromatic carbocycles. The van der Waals surface area contributed by atoms with Crippen molar-refractivity contribution in [2.75, 3.05) is 13.1 Å². The molecule has 0 radical (unpaired) electrons. The number of rotatable bonds is 3. The van der Waals surface area contributed by atoms with Crippen molar-refractivity contribution in [2.45, 2.75) is 24.6 Å². The van der Waals surface area contributed by atoms with Crippen molar-refractivity contribution >= 4 is 34.0 Å². The van der Waals surface area contributed by atoms with Crippen LogP contribution in [0.2, 0.25) is 5.02 Å². The molecule has 1 saturated carbocycles. The fourth-order valence-corrected chi connectivity index (χ4v) is 5.23. The van der Waals surface area contributed by atoms with E-state index in [1.54, 1.807) is 0 Å². The zero-order chi connectivity index (χ0) is 15.2. The Morgan fingerprint density at radius 1 is 1.32 bits per heavy atom. The first-order valence-electron chi connectivity index (χ1n) is 7.04. The highest BCUT2D eigenvalue weighted by atomic mass is 35.5. The van der Waals surface area contributed by atoms with Gasteiger partial charge in [-0.2, -0.15) is 0 Å². The Hall–Kier alpha value is -0.400. The third-order valence-corrected chi connectivity index (χ3v) is 6.68. The van der Waals surface area contributed by atoms with Gasteiger partial charge in [-0.3, -0.25) is 0 Å². The zero-order valence-corrected chi connectivity index (χ0v) is 14.3. The van der Waals surface area contributed by atoms with E-state index in [9.17, 15) is 12.8 Å². The maximum Gasteiger partial charge on any atom is 0.218 e. The molecule has 124 valence electrons. The minimum absolute atomic E-state index is 0. The summed E-state index contributed by atoms with van der Waals surface area (Å²) in [4.78, 5) is 0. The van der Waals surface area contributed by atoms with Gasteiger partial charge in [0.1, 0.15) is 5.82 Å². The number of sulfonamides is 1. The zero-order valence-electron chi connectivity index (χ0n) is 11.9. The summed E-state index contributed by atoms with van der Waals surface area (Å²) in [5.41, 5.74) is 6.54. The van der Waals surface area contributed by atoms with E-state index < -0.39 is 15.8 Å². The Balaban J connectivity index is 0.00000176. The topological polar surface area (TPSA) is 63.4 Å². The van der Waals surface area contributed by atoms with Gasteiger partial charge in [0.15, 0.2) is 0 Å². The standard InChI is InChI=1S/C14H18ClFN2O2S.ClH/c15-12-5-9(1-3-13(12)16)8-21(19,20)18-6-10-2-4-14(17)11(10)7-18;/h1,3,5,10-11,14H,2,4,6-8,17H2;1H. The molecule has 1 saturated heterocycles. The molecule has 4 nitrogen and oxygen atoms in total. The van der Waals surface area contributed by atoms with Crippen molar-refractivity contribution in [3.05, 3.63) is 34.6 Å².